The summed E-state index contributed by atoms with van der Waals surface area (Å²) in [7, 11) is 0. The molecule has 1 aromatic rings. The minimum Gasteiger partial charge on any atom is -0.492 e. The topological polar surface area (TPSA) is 39.2 Å². The number of aromatic nitrogens is 1. The fourth-order valence-electron chi connectivity index (χ4n) is 0.959. The first-order chi connectivity index (χ1) is 6.68. The van der Waals surface area contributed by atoms with Crippen LogP contribution in [0.1, 0.15) is 19.8 Å². The number of carbonyl (C=O) groups excluding carboxylic acids is 1. The first kappa shape index (κ1) is 11.2. The number of ether oxygens (including phenoxy) is 1. The van der Waals surface area contributed by atoms with Gasteiger partial charge in [0.15, 0.2) is 0 Å². The maximum atomic E-state index is 10.6. The van der Waals surface area contributed by atoms with E-state index in [0.29, 0.717) is 13.0 Å². The molecule has 0 atom stereocenters. The lowest BCUT2D eigenvalue weighted by Gasteiger charge is -2.04. The Labute approximate surface area is 91.6 Å². The number of halogens is 1. The van der Waals surface area contributed by atoms with E-state index in [9.17, 15) is 4.79 Å². The zero-order valence-electron chi connectivity index (χ0n) is 8.00. The molecule has 0 saturated heterocycles. The lowest BCUT2D eigenvalue weighted by molar-refractivity contribution is -0.117. The highest BCUT2D eigenvalue weighted by Gasteiger charge is 1.96. The van der Waals surface area contributed by atoms with Gasteiger partial charge in [0.1, 0.15) is 16.1 Å². The molecule has 0 radical (unpaired) electrons. The van der Waals surface area contributed by atoms with Gasteiger partial charge in [0.2, 0.25) is 0 Å². The average Bonchev–Trinajstić information content (AvgIpc) is 2.15. The van der Waals surface area contributed by atoms with Crippen LogP contribution in [0.15, 0.2) is 22.9 Å². The normalized spacial score (nSPS) is 9.86. The van der Waals surface area contributed by atoms with Gasteiger partial charge in [-0.25, -0.2) is 4.98 Å². The molecule has 3 nitrogen and oxygen atoms in total. The number of hydrogen-bond acceptors (Lipinski definition) is 3. The zero-order valence-corrected chi connectivity index (χ0v) is 9.58. The molecule has 0 N–H and O–H groups in total. The van der Waals surface area contributed by atoms with Gasteiger partial charge in [-0.2, -0.15) is 0 Å². The summed E-state index contributed by atoms with van der Waals surface area (Å²) in [4.78, 5) is 14.6. The van der Waals surface area contributed by atoms with Crippen molar-refractivity contribution >= 4 is 21.7 Å². The van der Waals surface area contributed by atoms with Gasteiger partial charge in [-0.1, -0.05) is 0 Å². The van der Waals surface area contributed by atoms with Gasteiger partial charge in [0.25, 0.3) is 0 Å². The number of nitrogens with zero attached hydrogens (tertiary/aromatic N) is 1. The molecule has 0 aliphatic rings. The van der Waals surface area contributed by atoms with E-state index >= 15 is 0 Å². The predicted octanol–water partition coefficient (Wildman–Crippen LogP) is 2.59. The number of Topliss-reactive ketones (excluding diaryl/α,β-unsaturated/α-hetero) is 1. The monoisotopic (exact) mass is 257 g/mol. The molecule has 0 bridgehead atoms. The van der Waals surface area contributed by atoms with Crippen molar-refractivity contribution in [3.8, 4) is 5.75 Å². The highest BCUT2D eigenvalue weighted by molar-refractivity contribution is 9.10. The lowest BCUT2D eigenvalue weighted by atomic mass is 10.2. The van der Waals surface area contributed by atoms with E-state index in [1.807, 2.05) is 12.1 Å². The molecular weight excluding hydrogens is 246 g/mol. The Kier molecular flexibility index (Phi) is 4.59. The van der Waals surface area contributed by atoms with Crippen LogP contribution in [0.5, 0.6) is 5.75 Å². The van der Waals surface area contributed by atoms with Crippen molar-refractivity contribution < 1.29 is 9.53 Å². The van der Waals surface area contributed by atoms with Crippen LogP contribution < -0.4 is 4.74 Å². The maximum Gasteiger partial charge on any atom is 0.137 e. The van der Waals surface area contributed by atoms with Crippen LogP contribution in [0, 0.1) is 0 Å². The van der Waals surface area contributed by atoms with E-state index in [0.717, 1.165) is 16.8 Å². The molecule has 0 spiro atoms. The standard InChI is InChI=1S/C10H12BrNO2/c1-8(13)3-2-6-14-9-4-5-10(11)12-7-9/h4-5,7H,2-3,6H2,1H3. The Morgan fingerprint density at radius 2 is 2.36 bits per heavy atom. The Morgan fingerprint density at radius 3 is 2.93 bits per heavy atom. The van der Waals surface area contributed by atoms with Crippen LogP contribution >= 0.6 is 15.9 Å². The van der Waals surface area contributed by atoms with Crippen molar-refractivity contribution in [2.75, 3.05) is 6.61 Å². The van der Waals surface area contributed by atoms with Crippen molar-refractivity contribution in [1.29, 1.82) is 0 Å². The van der Waals surface area contributed by atoms with Crippen molar-refractivity contribution in [1.82, 2.24) is 4.98 Å². The molecule has 0 aliphatic carbocycles. The van der Waals surface area contributed by atoms with E-state index in [1.165, 1.54) is 0 Å². The molecule has 1 rings (SSSR count). The second-order valence-electron chi connectivity index (χ2n) is 2.97. The van der Waals surface area contributed by atoms with Crippen molar-refractivity contribution in [3.05, 3.63) is 22.9 Å². The van der Waals surface area contributed by atoms with Gasteiger partial charge in [0, 0.05) is 6.42 Å². The molecule has 0 aliphatic heterocycles. The second-order valence-corrected chi connectivity index (χ2v) is 3.78. The van der Waals surface area contributed by atoms with Crippen molar-refractivity contribution in [2.24, 2.45) is 0 Å². The molecule has 14 heavy (non-hydrogen) atoms. The van der Waals surface area contributed by atoms with Crippen LogP contribution in [-0.2, 0) is 4.79 Å². The average molecular weight is 258 g/mol. The highest BCUT2D eigenvalue weighted by Crippen LogP contribution is 2.12. The lowest BCUT2D eigenvalue weighted by Crippen LogP contribution is -2.00. The van der Waals surface area contributed by atoms with E-state index < -0.39 is 0 Å². The van der Waals surface area contributed by atoms with E-state index in [1.54, 1.807) is 13.1 Å². The molecule has 0 saturated carbocycles. The summed E-state index contributed by atoms with van der Waals surface area (Å²) in [6.45, 7) is 2.14. The van der Waals surface area contributed by atoms with Gasteiger partial charge < -0.3 is 9.53 Å². The Morgan fingerprint density at radius 1 is 1.57 bits per heavy atom. The van der Waals surface area contributed by atoms with Gasteiger partial charge in [-0.05, 0) is 41.4 Å². The van der Waals surface area contributed by atoms with Crippen molar-refractivity contribution in [2.45, 2.75) is 19.8 Å². The molecular formula is C10H12BrNO2. The molecule has 0 fully saturated rings. The van der Waals surface area contributed by atoms with Crippen LogP contribution in [0.4, 0.5) is 0 Å². The van der Waals surface area contributed by atoms with Crippen LogP contribution in [0.2, 0.25) is 0 Å². The number of ketones is 1. The second kappa shape index (κ2) is 5.75. The Hall–Kier alpha value is -0.900. The number of carbonyl (C=O) groups is 1. The fraction of sp³-hybridized carbons (Fsp3) is 0.400. The molecule has 0 unspecified atom stereocenters. The van der Waals surface area contributed by atoms with E-state index in [2.05, 4.69) is 20.9 Å². The summed E-state index contributed by atoms with van der Waals surface area (Å²) < 4.78 is 6.16. The highest BCUT2D eigenvalue weighted by atomic mass is 79.9. The smallest absolute Gasteiger partial charge is 0.137 e. The van der Waals surface area contributed by atoms with E-state index in [4.69, 9.17) is 4.74 Å². The molecule has 76 valence electrons. The third kappa shape index (κ3) is 4.37. The summed E-state index contributed by atoms with van der Waals surface area (Å²) in [6, 6.07) is 3.66. The quantitative estimate of drug-likeness (QED) is 0.602. The SMILES string of the molecule is CC(=O)CCCOc1ccc(Br)nc1. The first-order valence-corrected chi connectivity index (χ1v) is 5.21. The van der Waals surface area contributed by atoms with E-state index in [-0.39, 0.29) is 5.78 Å². The summed E-state index contributed by atoms with van der Waals surface area (Å²) in [5, 5.41) is 0. The summed E-state index contributed by atoms with van der Waals surface area (Å²) >= 11 is 3.24. The van der Waals surface area contributed by atoms with Crippen LogP contribution in [0.3, 0.4) is 0 Å². The molecule has 1 heterocycles. The van der Waals surface area contributed by atoms with Gasteiger partial charge >= 0.3 is 0 Å². The summed E-state index contributed by atoms with van der Waals surface area (Å²) in [6.07, 6.45) is 2.98. The van der Waals surface area contributed by atoms with Gasteiger partial charge in [-0.3, -0.25) is 0 Å². The summed E-state index contributed by atoms with van der Waals surface area (Å²) in [5.74, 6) is 0.930. The Balaban J connectivity index is 2.25. The molecule has 1 aromatic heterocycles. The fourth-order valence-corrected chi connectivity index (χ4v) is 1.19. The third-order valence-corrected chi connectivity index (χ3v) is 2.11. The largest absolute Gasteiger partial charge is 0.492 e. The number of pyridine rings is 1. The molecule has 4 heteroatoms. The minimum atomic E-state index is 0.197. The van der Waals surface area contributed by atoms with Gasteiger partial charge in [-0.15, -0.1) is 0 Å². The maximum absolute atomic E-state index is 10.6. The van der Waals surface area contributed by atoms with Crippen LogP contribution in [-0.4, -0.2) is 17.4 Å². The van der Waals surface area contributed by atoms with Gasteiger partial charge in [0.05, 0.1) is 12.8 Å². The zero-order chi connectivity index (χ0) is 10.4. The first-order valence-electron chi connectivity index (χ1n) is 4.42. The van der Waals surface area contributed by atoms with Crippen molar-refractivity contribution in [3.63, 3.8) is 0 Å². The molecule has 0 amide bonds. The number of hydrogen-bond donors (Lipinski definition) is 0. The molecule has 0 aromatic carbocycles. The summed E-state index contributed by atoms with van der Waals surface area (Å²) in [5.41, 5.74) is 0. The minimum absolute atomic E-state index is 0.197. The third-order valence-electron chi connectivity index (χ3n) is 1.64. The Bertz CT molecular complexity index is 297. The number of rotatable bonds is 5. The predicted molar refractivity (Wildman–Crippen MR) is 57.3 cm³/mol. The van der Waals surface area contributed by atoms with Crippen LogP contribution in [0.25, 0.3) is 0 Å².